The minimum atomic E-state index is -1.36. The second-order valence-corrected chi connectivity index (χ2v) is 4.25. The molecule has 1 saturated heterocycles. The molecule has 1 aliphatic rings. The fourth-order valence-electron chi connectivity index (χ4n) is 1.81. The maximum absolute atomic E-state index is 11.7. The third kappa shape index (κ3) is 4.03. The average Bonchev–Trinajstić information content (AvgIpc) is 2.63. The van der Waals surface area contributed by atoms with Crippen LogP contribution in [0.5, 0.6) is 0 Å². The van der Waals surface area contributed by atoms with Gasteiger partial charge in [0.25, 0.3) is 0 Å². The second-order valence-electron chi connectivity index (χ2n) is 4.25. The van der Waals surface area contributed by atoms with Crippen LogP contribution in [0.15, 0.2) is 0 Å². The Morgan fingerprint density at radius 2 is 2.06 bits per heavy atom. The van der Waals surface area contributed by atoms with Gasteiger partial charge in [0, 0.05) is 6.54 Å². The standard InChI is InChI=1S/C10H16N2O5/c1-12-3-2-6(5-12)9(15)11-7(10(16)17)4-8(13)14/h6-7H,2-5H2,1H3,(H,11,15)(H,13,14)(H,16,17)/t6?,7-/m0/s1. The zero-order valence-electron chi connectivity index (χ0n) is 9.55. The Hall–Kier alpha value is -1.63. The Bertz CT molecular complexity index is 331. The summed E-state index contributed by atoms with van der Waals surface area (Å²) in [7, 11) is 1.87. The highest BCUT2D eigenvalue weighted by Crippen LogP contribution is 2.14. The van der Waals surface area contributed by atoms with E-state index >= 15 is 0 Å². The van der Waals surface area contributed by atoms with Gasteiger partial charge < -0.3 is 20.4 Å². The molecule has 0 saturated carbocycles. The molecule has 0 aromatic carbocycles. The van der Waals surface area contributed by atoms with Crippen molar-refractivity contribution in [2.45, 2.75) is 18.9 Å². The summed E-state index contributed by atoms with van der Waals surface area (Å²) in [6, 6.07) is -1.36. The van der Waals surface area contributed by atoms with Crippen LogP contribution in [-0.4, -0.2) is 59.1 Å². The van der Waals surface area contributed by atoms with Gasteiger partial charge in [-0.1, -0.05) is 0 Å². The molecular formula is C10H16N2O5. The normalized spacial score (nSPS) is 22.1. The number of hydrogen-bond acceptors (Lipinski definition) is 4. The number of aliphatic carboxylic acids is 2. The van der Waals surface area contributed by atoms with Crippen molar-refractivity contribution >= 4 is 17.8 Å². The van der Waals surface area contributed by atoms with Crippen LogP contribution in [0.3, 0.4) is 0 Å². The van der Waals surface area contributed by atoms with E-state index in [-0.39, 0.29) is 11.8 Å². The van der Waals surface area contributed by atoms with Gasteiger partial charge in [0.05, 0.1) is 12.3 Å². The van der Waals surface area contributed by atoms with Crippen LogP contribution in [0.2, 0.25) is 0 Å². The van der Waals surface area contributed by atoms with E-state index < -0.39 is 24.4 Å². The van der Waals surface area contributed by atoms with Gasteiger partial charge >= 0.3 is 11.9 Å². The predicted octanol–water partition coefficient (Wildman–Crippen LogP) is -1.02. The highest BCUT2D eigenvalue weighted by Gasteiger charge is 2.30. The monoisotopic (exact) mass is 244 g/mol. The lowest BCUT2D eigenvalue weighted by atomic mass is 10.1. The number of rotatable bonds is 5. The summed E-state index contributed by atoms with van der Waals surface area (Å²) in [4.78, 5) is 34.9. The molecule has 1 aliphatic heterocycles. The number of hydrogen-bond donors (Lipinski definition) is 3. The van der Waals surface area contributed by atoms with E-state index in [2.05, 4.69) is 5.32 Å². The molecule has 3 N–H and O–H groups in total. The third-order valence-electron chi connectivity index (χ3n) is 2.76. The van der Waals surface area contributed by atoms with Crippen LogP contribution in [0.1, 0.15) is 12.8 Å². The van der Waals surface area contributed by atoms with Gasteiger partial charge in [-0.25, -0.2) is 4.79 Å². The molecule has 1 rings (SSSR count). The van der Waals surface area contributed by atoms with E-state index in [9.17, 15) is 14.4 Å². The number of carboxylic acid groups (broad SMARTS) is 2. The van der Waals surface area contributed by atoms with E-state index in [0.717, 1.165) is 6.54 Å². The predicted molar refractivity (Wildman–Crippen MR) is 57.4 cm³/mol. The van der Waals surface area contributed by atoms with Crippen molar-refractivity contribution in [3.8, 4) is 0 Å². The quantitative estimate of drug-likeness (QED) is 0.571. The zero-order valence-corrected chi connectivity index (χ0v) is 9.55. The molecule has 96 valence electrons. The van der Waals surface area contributed by atoms with Crippen molar-refractivity contribution in [3.05, 3.63) is 0 Å². The van der Waals surface area contributed by atoms with Crippen molar-refractivity contribution < 1.29 is 24.6 Å². The Morgan fingerprint density at radius 3 is 2.47 bits per heavy atom. The van der Waals surface area contributed by atoms with Crippen molar-refractivity contribution in [1.29, 1.82) is 0 Å². The first-order chi connectivity index (χ1) is 7.90. The largest absolute Gasteiger partial charge is 0.481 e. The van der Waals surface area contributed by atoms with Gasteiger partial charge in [0.2, 0.25) is 5.91 Å². The van der Waals surface area contributed by atoms with Gasteiger partial charge in [-0.3, -0.25) is 9.59 Å². The first kappa shape index (κ1) is 13.4. The lowest BCUT2D eigenvalue weighted by Gasteiger charge is -2.15. The molecule has 0 spiro atoms. The highest BCUT2D eigenvalue weighted by atomic mass is 16.4. The van der Waals surface area contributed by atoms with E-state index in [1.807, 2.05) is 11.9 Å². The molecule has 2 atom stereocenters. The Kier molecular flexibility index (Phi) is 4.45. The molecule has 1 heterocycles. The molecular weight excluding hydrogens is 228 g/mol. The molecule has 0 bridgehead atoms. The molecule has 7 nitrogen and oxygen atoms in total. The average molecular weight is 244 g/mol. The Balaban J connectivity index is 2.52. The zero-order chi connectivity index (χ0) is 13.0. The first-order valence-corrected chi connectivity index (χ1v) is 5.33. The number of carbonyl (C=O) groups excluding carboxylic acids is 1. The fraction of sp³-hybridized carbons (Fsp3) is 0.700. The molecule has 1 amide bonds. The molecule has 1 unspecified atom stereocenters. The Labute approximate surface area is 98.4 Å². The highest BCUT2D eigenvalue weighted by molar-refractivity contribution is 5.87. The summed E-state index contributed by atoms with van der Waals surface area (Å²) in [6.45, 7) is 1.36. The van der Waals surface area contributed by atoms with E-state index in [1.54, 1.807) is 0 Å². The molecule has 7 heteroatoms. The SMILES string of the molecule is CN1CCC(C(=O)N[C@@H](CC(=O)O)C(=O)O)C1. The van der Waals surface area contributed by atoms with Crippen LogP contribution in [0, 0.1) is 5.92 Å². The summed E-state index contributed by atoms with van der Waals surface area (Å²) < 4.78 is 0. The smallest absolute Gasteiger partial charge is 0.326 e. The van der Waals surface area contributed by atoms with E-state index in [0.29, 0.717) is 13.0 Å². The number of amides is 1. The lowest BCUT2D eigenvalue weighted by Crippen LogP contribution is -2.45. The van der Waals surface area contributed by atoms with Crippen LogP contribution in [0.25, 0.3) is 0 Å². The lowest BCUT2D eigenvalue weighted by molar-refractivity contribution is -0.147. The van der Waals surface area contributed by atoms with Crippen molar-refractivity contribution in [2.75, 3.05) is 20.1 Å². The summed E-state index contributed by atoms with van der Waals surface area (Å²) >= 11 is 0. The van der Waals surface area contributed by atoms with E-state index in [1.165, 1.54) is 0 Å². The number of nitrogens with one attached hydrogen (secondary N) is 1. The van der Waals surface area contributed by atoms with Gasteiger partial charge in [0.1, 0.15) is 6.04 Å². The minimum Gasteiger partial charge on any atom is -0.481 e. The summed E-state index contributed by atoms with van der Waals surface area (Å²) in [5.41, 5.74) is 0. The number of carboxylic acids is 2. The van der Waals surface area contributed by atoms with Crippen molar-refractivity contribution in [2.24, 2.45) is 5.92 Å². The maximum Gasteiger partial charge on any atom is 0.326 e. The van der Waals surface area contributed by atoms with Crippen LogP contribution >= 0.6 is 0 Å². The number of likely N-dealkylation sites (tertiary alicyclic amines) is 1. The molecule has 0 aliphatic carbocycles. The van der Waals surface area contributed by atoms with E-state index in [4.69, 9.17) is 10.2 Å². The van der Waals surface area contributed by atoms with Crippen LogP contribution in [0.4, 0.5) is 0 Å². The van der Waals surface area contributed by atoms with Crippen molar-refractivity contribution in [1.82, 2.24) is 10.2 Å². The molecule has 0 aromatic heterocycles. The fourth-order valence-corrected chi connectivity index (χ4v) is 1.81. The maximum atomic E-state index is 11.7. The molecule has 0 radical (unpaired) electrons. The Morgan fingerprint density at radius 1 is 1.41 bits per heavy atom. The number of carbonyl (C=O) groups is 3. The first-order valence-electron chi connectivity index (χ1n) is 5.33. The van der Waals surface area contributed by atoms with Crippen molar-refractivity contribution in [3.63, 3.8) is 0 Å². The third-order valence-corrected chi connectivity index (χ3v) is 2.76. The minimum absolute atomic E-state index is 0.254. The van der Waals surface area contributed by atoms with Crippen LogP contribution in [-0.2, 0) is 14.4 Å². The van der Waals surface area contributed by atoms with Gasteiger partial charge in [0.15, 0.2) is 0 Å². The molecule has 0 aromatic rings. The van der Waals surface area contributed by atoms with Gasteiger partial charge in [-0.15, -0.1) is 0 Å². The van der Waals surface area contributed by atoms with Gasteiger partial charge in [-0.2, -0.15) is 0 Å². The topological polar surface area (TPSA) is 107 Å². The summed E-state index contributed by atoms with van der Waals surface area (Å²) in [5, 5.41) is 19.6. The summed E-state index contributed by atoms with van der Waals surface area (Å²) in [5.74, 6) is -3.22. The molecule has 1 fully saturated rings. The van der Waals surface area contributed by atoms with Crippen LogP contribution < -0.4 is 5.32 Å². The molecule has 17 heavy (non-hydrogen) atoms. The van der Waals surface area contributed by atoms with Gasteiger partial charge in [-0.05, 0) is 20.0 Å². The number of nitrogens with zero attached hydrogens (tertiary/aromatic N) is 1. The second kappa shape index (κ2) is 5.62. The summed E-state index contributed by atoms with van der Waals surface area (Å²) in [6.07, 6.45) is 0.0609.